The lowest BCUT2D eigenvalue weighted by atomic mass is 9.70. The second-order valence-corrected chi connectivity index (χ2v) is 21.7. The Morgan fingerprint density at radius 2 is 1.83 bits per heavy atom. The molecular formula is C54H67FN8O5S. The van der Waals surface area contributed by atoms with E-state index in [1.54, 1.807) is 24.7 Å². The van der Waals surface area contributed by atoms with Crippen LogP contribution in [0.25, 0.3) is 23.3 Å². The van der Waals surface area contributed by atoms with Crippen molar-refractivity contribution in [1.29, 1.82) is 0 Å². The average Bonchev–Trinajstić information content (AvgIpc) is 3.98. The third-order valence-electron chi connectivity index (χ3n) is 15.8. The fourth-order valence-electron chi connectivity index (χ4n) is 11.9. The van der Waals surface area contributed by atoms with E-state index in [9.17, 15) is 19.5 Å². The number of likely N-dealkylation sites (tertiary alicyclic amines) is 1. The highest BCUT2D eigenvalue weighted by atomic mass is 32.2. The molecule has 13 nitrogen and oxygen atoms in total. The Kier molecular flexibility index (Phi) is 13.4. The summed E-state index contributed by atoms with van der Waals surface area (Å²) in [5.41, 5.74) is 5.55. The monoisotopic (exact) mass is 958 g/mol. The van der Waals surface area contributed by atoms with Crippen LogP contribution in [-0.4, -0.2) is 91.0 Å². The van der Waals surface area contributed by atoms with Crippen molar-refractivity contribution < 1.29 is 28.8 Å². The number of hydrogen-bond acceptors (Lipinski definition) is 11. The lowest BCUT2D eigenvalue weighted by molar-refractivity contribution is -0.750. The number of H-pyrrole nitrogens is 1. The Bertz CT molecular complexity index is 2830. The predicted octanol–water partition coefficient (Wildman–Crippen LogP) is 7.42. The number of aromatic nitrogens is 2. The van der Waals surface area contributed by atoms with E-state index in [1.807, 2.05) is 31.3 Å². The minimum atomic E-state index is -0.623. The van der Waals surface area contributed by atoms with Gasteiger partial charge in [0, 0.05) is 91.7 Å². The number of rotatable bonds is 14. The molecule has 4 fully saturated rings. The number of amides is 1. The Balaban J connectivity index is 0.876. The molecular weight excluding hydrogens is 892 g/mol. The van der Waals surface area contributed by atoms with Crippen LogP contribution in [0.5, 0.6) is 17.4 Å². The first-order chi connectivity index (χ1) is 33.3. The van der Waals surface area contributed by atoms with Crippen molar-refractivity contribution in [1.82, 2.24) is 24.9 Å². The SMILES string of the molecule is COc1nc2[nH]cc(F)c2cc1Oc1cc(N2CCC3(CC2)CN([C@H]2CCC[C@H]2c2ccccc2C(C)C)C3)ccc1C(=O)NSc1cc([NH+](C)[O-])c(NCC2CCC(C)(O)CC2)c2c1=CCNC=2. The molecule has 1 spiro atoms. The van der Waals surface area contributed by atoms with Crippen LogP contribution < -0.4 is 45.2 Å². The Hall–Kier alpha value is -5.32. The average molecular weight is 959 g/mol. The number of aliphatic hydroxyl groups is 1. The van der Waals surface area contributed by atoms with Crippen LogP contribution in [0.15, 0.2) is 65.7 Å². The standard InChI is InChI=1S/C54H67FN8O5S/c1-33(2)36-9-6-7-10-37(36)38-11-8-12-44(38)63-31-54(32-63)20-23-62(24-21-54)35-13-14-40(46(25-35)68-47-26-41-43(55)30-58-50(41)59-52(47)67-5)51(64)60-69-48-27-45(61(4)66)49(42-29-56-22-17-39(42)48)57-28-34-15-18-53(3,65)19-16-34/h6-7,9-10,13-14,17,25-27,29-30,33-34,38,44,56-57,61,65H,8,11-12,15-16,18-24,28,31-32H2,1-5H3,(H,58,59)(H,60,64)/t34?,38-,44-,53?/m0/s1. The van der Waals surface area contributed by atoms with Gasteiger partial charge in [0.15, 0.2) is 11.4 Å². The Morgan fingerprint density at radius 1 is 1.04 bits per heavy atom. The summed E-state index contributed by atoms with van der Waals surface area (Å²) < 4.78 is 30.2. The van der Waals surface area contributed by atoms with Gasteiger partial charge in [-0.2, -0.15) is 4.98 Å². The number of nitrogens with one attached hydrogen (secondary N) is 5. The number of quaternary nitrogens is 1. The number of carbonyl (C=O) groups is 1. The van der Waals surface area contributed by atoms with Crippen molar-refractivity contribution in [3.05, 3.63) is 98.9 Å². The van der Waals surface area contributed by atoms with Crippen molar-refractivity contribution >= 4 is 58.2 Å². The molecule has 3 aliphatic heterocycles. The topological polar surface area (TPSA) is 155 Å². The highest BCUT2D eigenvalue weighted by Crippen LogP contribution is 2.49. The number of piperidine rings is 1. The maximum Gasteiger partial charge on any atom is 0.265 e. The first kappa shape index (κ1) is 47.4. The lowest BCUT2D eigenvalue weighted by Crippen LogP contribution is -2.98. The summed E-state index contributed by atoms with van der Waals surface area (Å²) in [5, 5.41) is 32.6. The van der Waals surface area contributed by atoms with Gasteiger partial charge in [0.05, 0.1) is 30.7 Å². The summed E-state index contributed by atoms with van der Waals surface area (Å²) in [4.78, 5) is 27.6. The second kappa shape index (κ2) is 19.5. The molecule has 6 N–H and O–H groups in total. The molecule has 0 bridgehead atoms. The van der Waals surface area contributed by atoms with E-state index >= 15 is 0 Å². The maximum atomic E-state index is 14.9. The molecule has 1 amide bonds. The quantitative estimate of drug-likeness (QED) is 0.0487. The fourth-order valence-corrected chi connectivity index (χ4v) is 12.6. The zero-order chi connectivity index (χ0) is 48.0. The molecule has 2 saturated carbocycles. The summed E-state index contributed by atoms with van der Waals surface area (Å²) in [6.45, 7) is 11.8. The number of hydroxylamine groups is 1. The van der Waals surface area contributed by atoms with Crippen molar-refractivity contribution in [3.63, 3.8) is 0 Å². The number of hydrogen-bond donors (Lipinski definition) is 6. The number of pyridine rings is 1. The van der Waals surface area contributed by atoms with Gasteiger partial charge in [-0.1, -0.05) is 50.6 Å². The van der Waals surface area contributed by atoms with Crippen molar-refractivity contribution in [2.45, 2.75) is 107 Å². The zero-order valence-electron chi connectivity index (χ0n) is 40.6. The molecule has 5 aliphatic rings. The van der Waals surface area contributed by atoms with Gasteiger partial charge < -0.3 is 45.4 Å². The first-order valence-corrected chi connectivity index (χ1v) is 25.8. The predicted molar refractivity (Wildman–Crippen MR) is 272 cm³/mol. The maximum absolute atomic E-state index is 14.9. The Morgan fingerprint density at radius 3 is 2.58 bits per heavy atom. The van der Waals surface area contributed by atoms with Gasteiger partial charge in [-0.3, -0.25) is 14.4 Å². The number of methoxy groups -OCH3 is 1. The molecule has 2 aliphatic carbocycles. The number of halogens is 1. The molecule has 2 saturated heterocycles. The van der Waals surface area contributed by atoms with Gasteiger partial charge in [0.25, 0.3) is 11.8 Å². The van der Waals surface area contributed by atoms with E-state index in [-0.39, 0.29) is 33.4 Å². The normalized spacial score (nSPS) is 23.7. The molecule has 1 unspecified atom stereocenters. The first-order valence-electron chi connectivity index (χ1n) is 25.0. The van der Waals surface area contributed by atoms with Crippen LogP contribution >= 0.6 is 11.9 Å². The van der Waals surface area contributed by atoms with Crippen LogP contribution in [0.2, 0.25) is 0 Å². The molecule has 3 aromatic carbocycles. The molecule has 2 aromatic heterocycles. The van der Waals surface area contributed by atoms with Crippen LogP contribution in [0.3, 0.4) is 0 Å². The van der Waals surface area contributed by atoms with E-state index in [4.69, 9.17) is 9.47 Å². The van der Waals surface area contributed by atoms with Gasteiger partial charge in [-0.15, -0.1) is 0 Å². The number of ether oxygens (including phenoxy) is 2. The molecule has 69 heavy (non-hydrogen) atoms. The summed E-state index contributed by atoms with van der Waals surface area (Å²) in [6.07, 6.45) is 14.5. The number of fused-ring (bicyclic) bond motifs is 2. The van der Waals surface area contributed by atoms with E-state index in [0.29, 0.717) is 53.6 Å². The van der Waals surface area contributed by atoms with Crippen molar-refractivity contribution in [2.75, 3.05) is 63.6 Å². The van der Waals surface area contributed by atoms with Gasteiger partial charge in [0.2, 0.25) is 0 Å². The van der Waals surface area contributed by atoms with E-state index in [1.165, 1.54) is 38.1 Å². The van der Waals surface area contributed by atoms with Gasteiger partial charge >= 0.3 is 0 Å². The summed E-state index contributed by atoms with van der Waals surface area (Å²) >= 11 is 1.16. The minimum Gasteiger partial charge on any atom is -0.629 e. The third kappa shape index (κ3) is 9.65. The number of benzene rings is 3. The van der Waals surface area contributed by atoms with E-state index in [2.05, 4.69) is 79.3 Å². The molecule has 5 aromatic rings. The largest absolute Gasteiger partial charge is 0.629 e. The summed E-state index contributed by atoms with van der Waals surface area (Å²) in [7, 11) is 3.04. The molecule has 10 rings (SSSR count). The van der Waals surface area contributed by atoms with Gasteiger partial charge in [0.1, 0.15) is 22.9 Å². The highest BCUT2D eigenvalue weighted by molar-refractivity contribution is 7.98. The summed E-state index contributed by atoms with van der Waals surface area (Å²) in [6, 6.07) is 18.8. The van der Waals surface area contributed by atoms with Gasteiger partial charge in [-0.25, -0.2) is 4.39 Å². The fraction of sp³-hybridized carbons (Fsp3) is 0.481. The van der Waals surface area contributed by atoms with E-state index < -0.39 is 17.3 Å². The molecule has 366 valence electrons. The third-order valence-corrected chi connectivity index (χ3v) is 16.7. The van der Waals surface area contributed by atoms with Crippen molar-refractivity contribution in [3.8, 4) is 17.4 Å². The molecule has 15 heteroatoms. The number of anilines is 2. The minimum absolute atomic E-state index is 0.0901. The lowest BCUT2D eigenvalue weighted by Gasteiger charge is -2.57. The number of carbonyl (C=O) groups excluding carboxylic acids is 1. The van der Waals surface area contributed by atoms with Gasteiger partial charge in [-0.05, 0) is 122 Å². The van der Waals surface area contributed by atoms with Crippen LogP contribution in [0.1, 0.15) is 112 Å². The molecule has 3 atom stereocenters. The molecule has 0 radical (unpaired) electrons. The van der Waals surface area contributed by atoms with Crippen molar-refractivity contribution in [2.24, 2.45) is 11.3 Å². The number of nitrogens with zero attached hydrogens (tertiary/aromatic N) is 3. The Labute approximate surface area is 408 Å². The van der Waals surface area contributed by atoms with E-state index in [0.717, 1.165) is 103 Å². The zero-order valence-corrected chi connectivity index (χ0v) is 41.4. The second-order valence-electron chi connectivity index (χ2n) is 20.9. The van der Waals surface area contributed by atoms with Crippen LogP contribution in [0, 0.1) is 22.4 Å². The van der Waals surface area contributed by atoms with Crippen LogP contribution in [0.4, 0.5) is 21.5 Å². The smallest absolute Gasteiger partial charge is 0.265 e. The summed E-state index contributed by atoms with van der Waals surface area (Å²) in [5.74, 6) is 1.22. The number of aromatic amines is 1. The highest BCUT2D eigenvalue weighted by Gasteiger charge is 2.49. The molecule has 5 heterocycles. The van der Waals surface area contributed by atoms with Crippen LogP contribution in [-0.2, 0) is 0 Å².